The van der Waals surface area contributed by atoms with E-state index in [1.165, 1.54) is 28.4 Å². The largest absolute Gasteiger partial charge is 0.505 e. The van der Waals surface area contributed by atoms with Gasteiger partial charge in [-0.3, -0.25) is 4.79 Å². The van der Waals surface area contributed by atoms with Crippen molar-refractivity contribution in [1.82, 2.24) is 20.1 Å². The van der Waals surface area contributed by atoms with Crippen molar-refractivity contribution in [2.24, 2.45) is 0 Å². The number of allylic oxidation sites excluding steroid dienone is 1. The highest BCUT2D eigenvalue weighted by Crippen LogP contribution is 2.24. The molecule has 0 spiro atoms. The number of hydrogen-bond acceptors (Lipinski definition) is 6. The van der Waals surface area contributed by atoms with Crippen LogP contribution in [0.4, 0.5) is 0 Å². The maximum atomic E-state index is 12.1. The van der Waals surface area contributed by atoms with Gasteiger partial charge in [-0.25, -0.2) is 14.5 Å². The molecule has 132 valence electrons. The molecular formula is C16H18N4O4S. The molecule has 0 unspecified atom stereocenters. The number of thiazole rings is 1. The van der Waals surface area contributed by atoms with Crippen molar-refractivity contribution in [2.45, 2.75) is 38.5 Å². The molecule has 1 amide bonds. The number of carbonyl (C=O) groups is 2. The SMILES string of the molecule is O=C(CCc1cnc(-n2cc(O)cn2)s1)NC1=C(C(=O)O)CCCC1. The normalized spacial score (nSPS) is 14.6. The zero-order valence-electron chi connectivity index (χ0n) is 13.4. The van der Waals surface area contributed by atoms with Crippen LogP contribution in [0.1, 0.15) is 37.0 Å². The van der Waals surface area contributed by atoms with E-state index in [-0.39, 0.29) is 18.1 Å². The number of carboxylic acids is 1. The number of aromatic hydroxyl groups is 1. The fourth-order valence-electron chi connectivity index (χ4n) is 2.68. The first-order valence-electron chi connectivity index (χ1n) is 7.97. The lowest BCUT2D eigenvalue weighted by Crippen LogP contribution is -2.27. The smallest absolute Gasteiger partial charge is 0.333 e. The summed E-state index contributed by atoms with van der Waals surface area (Å²) in [6.45, 7) is 0. The fraction of sp³-hybridized carbons (Fsp3) is 0.375. The minimum absolute atomic E-state index is 0.0612. The second kappa shape index (κ2) is 7.47. The van der Waals surface area contributed by atoms with Gasteiger partial charge >= 0.3 is 5.97 Å². The number of nitrogens with one attached hydrogen (secondary N) is 1. The Morgan fingerprint density at radius 3 is 2.80 bits per heavy atom. The van der Waals surface area contributed by atoms with Crippen LogP contribution in [-0.2, 0) is 16.0 Å². The molecule has 3 N–H and O–H groups in total. The molecule has 9 heteroatoms. The average Bonchev–Trinajstić information content (AvgIpc) is 3.22. The zero-order valence-corrected chi connectivity index (χ0v) is 14.3. The van der Waals surface area contributed by atoms with Crippen LogP contribution in [0, 0.1) is 0 Å². The van der Waals surface area contributed by atoms with Crippen molar-refractivity contribution in [3.8, 4) is 10.9 Å². The summed E-state index contributed by atoms with van der Waals surface area (Å²) < 4.78 is 1.47. The molecule has 0 bridgehead atoms. The van der Waals surface area contributed by atoms with E-state index in [2.05, 4.69) is 15.4 Å². The van der Waals surface area contributed by atoms with Gasteiger partial charge < -0.3 is 15.5 Å². The van der Waals surface area contributed by atoms with Gasteiger partial charge in [0.15, 0.2) is 5.75 Å². The molecule has 0 aliphatic heterocycles. The van der Waals surface area contributed by atoms with Gasteiger partial charge in [-0.15, -0.1) is 0 Å². The number of amides is 1. The number of hydrogen-bond donors (Lipinski definition) is 3. The average molecular weight is 362 g/mol. The number of aryl methyl sites for hydroxylation is 1. The molecule has 8 nitrogen and oxygen atoms in total. The number of carboxylic acid groups (broad SMARTS) is 1. The van der Waals surface area contributed by atoms with Gasteiger partial charge in [0, 0.05) is 23.2 Å². The van der Waals surface area contributed by atoms with Crippen molar-refractivity contribution >= 4 is 23.2 Å². The summed E-state index contributed by atoms with van der Waals surface area (Å²) in [5.41, 5.74) is 0.860. The molecule has 0 aromatic carbocycles. The predicted octanol–water partition coefficient (Wildman–Crippen LogP) is 2.00. The topological polar surface area (TPSA) is 117 Å². The Bertz CT molecular complexity index is 824. The summed E-state index contributed by atoms with van der Waals surface area (Å²) in [4.78, 5) is 28.5. The van der Waals surface area contributed by atoms with Crippen LogP contribution in [0.3, 0.4) is 0 Å². The number of aliphatic carboxylic acids is 1. The van der Waals surface area contributed by atoms with Crippen LogP contribution in [0.5, 0.6) is 5.75 Å². The molecule has 0 fully saturated rings. The van der Waals surface area contributed by atoms with Crippen LogP contribution < -0.4 is 5.32 Å². The monoisotopic (exact) mass is 362 g/mol. The third-order valence-electron chi connectivity index (χ3n) is 3.92. The van der Waals surface area contributed by atoms with E-state index < -0.39 is 5.97 Å². The minimum Gasteiger partial charge on any atom is -0.505 e. The third-order valence-corrected chi connectivity index (χ3v) is 4.97. The van der Waals surface area contributed by atoms with Gasteiger partial charge in [0.1, 0.15) is 0 Å². The number of carbonyl (C=O) groups excluding carboxylic acids is 1. The molecule has 2 aromatic heterocycles. The van der Waals surface area contributed by atoms with E-state index >= 15 is 0 Å². The van der Waals surface area contributed by atoms with Crippen molar-refractivity contribution in [1.29, 1.82) is 0 Å². The molecule has 2 heterocycles. The molecule has 25 heavy (non-hydrogen) atoms. The number of aromatic nitrogens is 3. The van der Waals surface area contributed by atoms with E-state index in [0.717, 1.165) is 17.7 Å². The first kappa shape index (κ1) is 17.2. The summed E-state index contributed by atoms with van der Waals surface area (Å²) in [5, 5.41) is 25.8. The summed E-state index contributed by atoms with van der Waals surface area (Å²) in [5.74, 6) is -1.09. The van der Waals surface area contributed by atoms with Crippen molar-refractivity contribution in [2.75, 3.05) is 0 Å². The van der Waals surface area contributed by atoms with Gasteiger partial charge in [-0.1, -0.05) is 11.3 Å². The molecule has 2 aromatic rings. The van der Waals surface area contributed by atoms with E-state index in [4.69, 9.17) is 0 Å². The van der Waals surface area contributed by atoms with Crippen LogP contribution in [0.15, 0.2) is 29.9 Å². The molecule has 3 rings (SSSR count). The Morgan fingerprint density at radius 1 is 1.28 bits per heavy atom. The van der Waals surface area contributed by atoms with Gasteiger partial charge in [0.05, 0.1) is 18.0 Å². The molecule has 1 aliphatic carbocycles. The van der Waals surface area contributed by atoms with Crippen LogP contribution in [0.2, 0.25) is 0 Å². The van der Waals surface area contributed by atoms with Gasteiger partial charge in [-0.2, -0.15) is 5.10 Å². The molecule has 0 saturated heterocycles. The quantitative estimate of drug-likeness (QED) is 0.723. The summed E-state index contributed by atoms with van der Waals surface area (Å²) in [6, 6.07) is 0. The number of nitrogens with zero attached hydrogens (tertiary/aromatic N) is 3. The standard InChI is InChI=1S/C16H18N4O4S/c21-10-7-18-20(9-10)16-17-8-11(25-16)5-6-14(22)19-13-4-2-1-3-12(13)15(23)24/h7-9,21H,1-6H2,(H,19,22)(H,23,24). The third kappa shape index (κ3) is 4.24. The minimum atomic E-state index is -0.954. The van der Waals surface area contributed by atoms with Crippen LogP contribution in [-0.4, -0.2) is 36.9 Å². The lowest BCUT2D eigenvalue weighted by Gasteiger charge is -2.18. The summed E-state index contributed by atoms with van der Waals surface area (Å²) in [6.07, 6.45) is 8.05. The molecule has 0 radical (unpaired) electrons. The Balaban J connectivity index is 1.57. The van der Waals surface area contributed by atoms with Crippen LogP contribution in [0.25, 0.3) is 5.13 Å². The second-order valence-corrected chi connectivity index (χ2v) is 6.86. The Morgan fingerprint density at radius 2 is 2.08 bits per heavy atom. The van der Waals surface area contributed by atoms with E-state index in [1.807, 2.05) is 0 Å². The van der Waals surface area contributed by atoms with Gasteiger partial charge in [0.2, 0.25) is 11.0 Å². The maximum absolute atomic E-state index is 12.1. The maximum Gasteiger partial charge on any atom is 0.333 e. The molecule has 0 saturated carbocycles. The van der Waals surface area contributed by atoms with Crippen LogP contribution >= 0.6 is 11.3 Å². The summed E-state index contributed by atoms with van der Waals surface area (Å²) in [7, 11) is 0. The van der Waals surface area contributed by atoms with Gasteiger partial charge in [0.25, 0.3) is 0 Å². The fourth-order valence-corrected chi connectivity index (χ4v) is 3.53. The Kier molecular flexibility index (Phi) is 5.13. The first-order valence-corrected chi connectivity index (χ1v) is 8.78. The lowest BCUT2D eigenvalue weighted by atomic mass is 9.96. The highest BCUT2D eigenvalue weighted by Gasteiger charge is 2.20. The second-order valence-electron chi connectivity index (χ2n) is 5.77. The predicted molar refractivity (Wildman–Crippen MR) is 90.5 cm³/mol. The van der Waals surface area contributed by atoms with Crippen molar-refractivity contribution in [3.05, 3.63) is 34.7 Å². The van der Waals surface area contributed by atoms with E-state index in [9.17, 15) is 19.8 Å². The highest BCUT2D eigenvalue weighted by molar-refractivity contribution is 7.14. The molecule has 0 atom stereocenters. The van der Waals surface area contributed by atoms with Crippen molar-refractivity contribution in [3.63, 3.8) is 0 Å². The zero-order chi connectivity index (χ0) is 17.8. The highest BCUT2D eigenvalue weighted by atomic mass is 32.1. The first-order chi connectivity index (χ1) is 12.0. The summed E-state index contributed by atoms with van der Waals surface area (Å²) >= 11 is 1.38. The molecule has 1 aliphatic rings. The van der Waals surface area contributed by atoms with Crippen molar-refractivity contribution < 1.29 is 19.8 Å². The Labute approximate surface area is 147 Å². The molecular weight excluding hydrogens is 344 g/mol. The lowest BCUT2D eigenvalue weighted by molar-refractivity contribution is -0.133. The Hall–Kier alpha value is -2.68. The van der Waals surface area contributed by atoms with Gasteiger partial charge in [-0.05, 0) is 32.1 Å². The number of rotatable bonds is 6. The van der Waals surface area contributed by atoms with E-state index in [0.29, 0.717) is 35.7 Å². The van der Waals surface area contributed by atoms with E-state index in [1.54, 1.807) is 6.20 Å².